The van der Waals surface area contributed by atoms with Crippen LogP contribution in [0, 0.1) is 6.92 Å². The summed E-state index contributed by atoms with van der Waals surface area (Å²) in [5, 5.41) is 49.5. The molecule has 0 spiro atoms. The monoisotopic (exact) mass is 308 g/mol. The fourth-order valence-electron chi connectivity index (χ4n) is 2.16. The summed E-state index contributed by atoms with van der Waals surface area (Å²) in [5.41, 5.74) is -0.334. The Bertz CT molecular complexity index is 670. The van der Waals surface area contributed by atoms with Crippen LogP contribution in [0.5, 0.6) is 17.2 Å². The Balaban J connectivity index is 3.62. The second-order valence-electron chi connectivity index (χ2n) is 4.98. The van der Waals surface area contributed by atoms with Crippen LogP contribution in [-0.2, 0) is 6.42 Å². The molecule has 0 atom stereocenters. The summed E-state index contributed by atoms with van der Waals surface area (Å²) < 4.78 is 0. The Morgan fingerprint density at radius 3 is 2.05 bits per heavy atom. The minimum absolute atomic E-state index is 0.0249. The lowest BCUT2D eigenvalue weighted by molar-refractivity contribution is 0.101. The number of carbonyl (C=O) groups excluding carboxylic acids is 1. The molecule has 0 bridgehead atoms. The zero-order valence-electron chi connectivity index (χ0n) is 12.8. The lowest BCUT2D eigenvalue weighted by atomic mass is 9.93. The molecule has 1 rings (SSSR count). The number of carbonyl (C=O) groups is 1. The second-order valence-corrected chi connectivity index (χ2v) is 4.98. The first-order valence-electron chi connectivity index (χ1n) is 6.69. The summed E-state index contributed by atoms with van der Waals surface area (Å²) in [4.78, 5) is 11.6. The van der Waals surface area contributed by atoms with Crippen LogP contribution >= 0.6 is 0 Å². The van der Waals surface area contributed by atoms with E-state index >= 15 is 0 Å². The largest absolute Gasteiger partial charge is 0.512 e. The van der Waals surface area contributed by atoms with Gasteiger partial charge in [-0.15, -0.1) is 0 Å². The van der Waals surface area contributed by atoms with Gasteiger partial charge in [-0.2, -0.15) is 0 Å². The van der Waals surface area contributed by atoms with E-state index in [9.17, 15) is 30.3 Å². The SMILES string of the molecule is C=C(O)/C(Cc1c(O)c(C)c(O)c(C(C)=O)c1O)=C(/O)CC. The molecule has 0 aromatic heterocycles. The van der Waals surface area contributed by atoms with Crippen molar-refractivity contribution in [1.29, 1.82) is 0 Å². The van der Waals surface area contributed by atoms with Crippen molar-refractivity contribution in [2.75, 3.05) is 0 Å². The van der Waals surface area contributed by atoms with Gasteiger partial charge in [0.2, 0.25) is 0 Å². The van der Waals surface area contributed by atoms with Gasteiger partial charge in [-0.25, -0.2) is 0 Å². The Morgan fingerprint density at radius 2 is 1.64 bits per heavy atom. The number of rotatable bonds is 5. The summed E-state index contributed by atoms with van der Waals surface area (Å²) in [6.07, 6.45) is -0.0266. The molecule has 0 saturated carbocycles. The van der Waals surface area contributed by atoms with Gasteiger partial charge >= 0.3 is 0 Å². The standard InChI is InChI=1S/C16H20O6/c1-5-12(19)10(8(3)17)6-11-14(20)7(2)15(21)13(9(4)18)16(11)22/h17,19-22H,3,5-6H2,1-2,4H3/b12-10+. The molecule has 0 heterocycles. The zero-order chi connectivity index (χ0) is 17.2. The molecule has 0 aliphatic heterocycles. The second kappa shape index (κ2) is 6.43. The first kappa shape index (κ1) is 17.4. The summed E-state index contributed by atoms with van der Waals surface area (Å²) in [6.45, 7) is 7.54. The average molecular weight is 308 g/mol. The summed E-state index contributed by atoms with van der Waals surface area (Å²) in [6, 6.07) is 0. The normalized spacial score (nSPS) is 12.0. The Morgan fingerprint density at radius 1 is 1.09 bits per heavy atom. The van der Waals surface area contributed by atoms with Crippen molar-refractivity contribution < 1.29 is 30.3 Å². The molecule has 0 aliphatic rings. The van der Waals surface area contributed by atoms with Crippen molar-refractivity contribution in [3.63, 3.8) is 0 Å². The van der Waals surface area contributed by atoms with E-state index in [1.807, 2.05) is 0 Å². The molecule has 0 fully saturated rings. The van der Waals surface area contributed by atoms with Crippen LogP contribution in [0.4, 0.5) is 0 Å². The third-order valence-corrected chi connectivity index (χ3v) is 3.49. The van der Waals surface area contributed by atoms with Crippen LogP contribution in [0.25, 0.3) is 0 Å². The van der Waals surface area contributed by atoms with Gasteiger partial charge in [0, 0.05) is 29.5 Å². The predicted molar refractivity (Wildman–Crippen MR) is 81.6 cm³/mol. The molecular formula is C16H20O6. The maximum atomic E-state index is 11.6. The van der Waals surface area contributed by atoms with E-state index in [-0.39, 0.29) is 40.9 Å². The van der Waals surface area contributed by atoms with Gasteiger partial charge in [-0.05, 0) is 13.8 Å². The Kier molecular flexibility index (Phi) is 5.09. The number of ketones is 1. The fourth-order valence-corrected chi connectivity index (χ4v) is 2.16. The molecule has 0 saturated heterocycles. The molecule has 22 heavy (non-hydrogen) atoms. The van der Waals surface area contributed by atoms with E-state index in [0.717, 1.165) is 0 Å². The molecule has 5 N–H and O–H groups in total. The highest BCUT2D eigenvalue weighted by Crippen LogP contribution is 2.43. The topological polar surface area (TPSA) is 118 Å². The summed E-state index contributed by atoms with van der Waals surface area (Å²) in [5.74, 6) is -2.64. The third-order valence-electron chi connectivity index (χ3n) is 3.49. The summed E-state index contributed by atoms with van der Waals surface area (Å²) >= 11 is 0. The molecular weight excluding hydrogens is 288 g/mol. The number of benzene rings is 1. The predicted octanol–water partition coefficient (Wildman–Crippen LogP) is 3.15. The lowest BCUT2D eigenvalue weighted by Gasteiger charge is -2.17. The van der Waals surface area contributed by atoms with Crippen molar-refractivity contribution in [2.45, 2.75) is 33.6 Å². The van der Waals surface area contributed by atoms with Crippen molar-refractivity contribution >= 4 is 5.78 Å². The van der Waals surface area contributed by atoms with Crippen LogP contribution < -0.4 is 0 Å². The molecule has 0 radical (unpaired) electrons. The zero-order valence-corrected chi connectivity index (χ0v) is 12.8. The van der Waals surface area contributed by atoms with Crippen LogP contribution in [0.15, 0.2) is 23.7 Å². The fraction of sp³-hybridized carbons (Fsp3) is 0.312. The first-order chi connectivity index (χ1) is 10.1. The molecule has 6 nitrogen and oxygen atoms in total. The number of Topliss-reactive ketones (excluding diaryl/α,β-unsaturated/α-hetero) is 1. The molecule has 1 aromatic rings. The van der Waals surface area contributed by atoms with Gasteiger partial charge < -0.3 is 25.5 Å². The highest BCUT2D eigenvalue weighted by atomic mass is 16.3. The van der Waals surface area contributed by atoms with E-state index in [1.54, 1.807) is 6.92 Å². The Hall–Kier alpha value is -2.63. The minimum Gasteiger partial charge on any atom is -0.512 e. The Labute approximate surface area is 128 Å². The number of aromatic hydroxyl groups is 3. The number of allylic oxidation sites excluding steroid dienone is 2. The smallest absolute Gasteiger partial charge is 0.167 e. The van der Waals surface area contributed by atoms with E-state index in [2.05, 4.69) is 6.58 Å². The number of hydrogen-bond acceptors (Lipinski definition) is 6. The van der Waals surface area contributed by atoms with Crippen molar-refractivity contribution in [3.8, 4) is 17.2 Å². The van der Waals surface area contributed by atoms with Crippen LogP contribution in [-0.4, -0.2) is 31.3 Å². The number of aliphatic hydroxyl groups excluding tert-OH is 2. The van der Waals surface area contributed by atoms with E-state index in [0.29, 0.717) is 0 Å². The lowest BCUT2D eigenvalue weighted by Crippen LogP contribution is -2.04. The highest BCUT2D eigenvalue weighted by molar-refractivity contribution is 6.01. The number of hydrogen-bond donors (Lipinski definition) is 5. The highest BCUT2D eigenvalue weighted by Gasteiger charge is 2.25. The van der Waals surface area contributed by atoms with Crippen molar-refractivity contribution in [1.82, 2.24) is 0 Å². The maximum absolute atomic E-state index is 11.6. The minimum atomic E-state index is -0.587. The quantitative estimate of drug-likeness (QED) is 0.324. The van der Waals surface area contributed by atoms with Crippen LogP contribution in [0.3, 0.4) is 0 Å². The average Bonchev–Trinajstić information content (AvgIpc) is 2.43. The van der Waals surface area contributed by atoms with Crippen LogP contribution in [0.1, 0.15) is 41.8 Å². The molecule has 0 aliphatic carbocycles. The first-order valence-corrected chi connectivity index (χ1v) is 6.69. The van der Waals surface area contributed by atoms with Gasteiger partial charge in [0.1, 0.15) is 28.6 Å². The molecule has 0 amide bonds. The van der Waals surface area contributed by atoms with Gasteiger partial charge in [0.25, 0.3) is 0 Å². The molecule has 6 heteroatoms. The number of phenols is 3. The molecule has 1 aromatic carbocycles. The van der Waals surface area contributed by atoms with Gasteiger partial charge in [-0.1, -0.05) is 13.5 Å². The van der Waals surface area contributed by atoms with E-state index in [1.165, 1.54) is 13.8 Å². The van der Waals surface area contributed by atoms with E-state index in [4.69, 9.17) is 0 Å². The van der Waals surface area contributed by atoms with Crippen molar-refractivity contribution in [3.05, 3.63) is 40.4 Å². The number of phenolic OH excluding ortho intramolecular Hbond substituents is 3. The molecule has 120 valence electrons. The van der Waals surface area contributed by atoms with Crippen molar-refractivity contribution in [2.24, 2.45) is 0 Å². The van der Waals surface area contributed by atoms with Crippen LogP contribution in [0.2, 0.25) is 0 Å². The van der Waals surface area contributed by atoms with Gasteiger partial charge in [0.15, 0.2) is 5.78 Å². The molecule has 0 unspecified atom stereocenters. The van der Waals surface area contributed by atoms with Gasteiger partial charge in [0.05, 0.1) is 5.76 Å². The third kappa shape index (κ3) is 3.00. The van der Waals surface area contributed by atoms with Gasteiger partial charge in [-0.3, -0.25) is 4.79 Å². The number of aliphatic hydroxyl groups is 2. The summed E-state index contributed by atoms with van der Waals surface area (Å²) in [7, 11) is 0. The maximum Gasteiger partial charge on any atom is 0.167 e. The van der Waals surface area contributed by atoms with E-state index < -0.39 is 28.8 Å².